The number of para-hydroxylation sites is 1. The predicted octanol–water partition coefficient (Wildman–Crippen LogP) is 1.47. The number of hydrogen-bond donors (Lipinski definition) is 1. The van der Waals surface area contributed by atoms with Gasteiger partial charge in [0.2, 0.25) is 5.91 Å². The van der Waals surface area contributed by atoms with Crippen molar-refractivity contribution in [1.29, 1.82) is 0 Å². The number of carbonyl (C=O) groups is 1. The third-order valence-electron chi connectivity index (χ3n) is 3.73. The van der Waals surface area contributed by atoms with Gasteiger partial charge >= 0.3 is 0 Å². The van der Waals surface area contributed by atoms with Crippen molar-refractivity contribution in [3.63, 3.8) is 0 Å². The number of carbonyl (C=O) groups excluding carboxylic acids is 1. The number of nitrogens with one attached hydrogen (secondary N) is 1. The normalized spacial score (nSPS) is 17.0. The first-order valence-corrected chi connectivity index (χ1v) is 7.55. The third-order valence-corrected chi connectivity index (χ3v) is 3.73. The molecular weight excluding hydrogens is 298 g/mol. The van der Waals surface area contributed by atoms with Gasteiger partial charge in [-0.3, -0.25) is 4.79 Å². The molecule has 1 atom stereocenters. The molecule has 2 aromatic rings. The lowest BCUT2D eigenvalue weighted by Crippen LogP contribution is -2.32. The van der Waals surface area contributed by atoms with Crippen LogP contribution < -0.4 is 10.1 Å². The van der Waals surface area contributed by atoms with Crippen LogP contribution in [0.25, 0.3) is 0 Å². The smallest absolute Gasteiger partial charge is 0.252 e. The third kappa shape index (κ3) is 3.87. The molecule has 1 N–H and O–H groups in total. The lowest BCUT2D eigenvalue weighted by atomic mass is 9.96. The summed E-state index contributed by atoms with van der Waals surface area (Å²) in [4.78, 5) is 16.5. The molecule has 23 heavy (non-hydrogen) atoms. The molecule has 0 radical (unpaired) electrons. The van der Waals surface area contributed by atoms with Crippen LogP contribution >= 0.6 is 0 Å². The van der Waals surface area contributed by atoms with Crippen LogP contribution in [-0.4, -0.2) is 29.8 Å². The van der Waals surface area contributed by atoms with E-state index >= 15 is 0 Å². The monoisotopic (exact) mass is 317 g/mol. The van der Waals surface area contributed by atoms with E-state index in [0.29, 0.717) is 31.2 Å². The van der Waals surface area contributed by atoms with Gasteiger partial charge in [0.05, 0.1) is 13.2 Å². The van der Waals surface area contributed by atoms with Gasteiger partial charge in [-0.15, -0.1) is 0 Å². The molecule has 1 amide bonds. The number of rotatable bonds is 5. The van der Waals surface area contributed by atoms with E-state index in [-0.39, 0.29) is 25.0 Å². The first-order chi connectivity index (χ1) is 11.3. The molecule has 0 bridgehead atoms. The van der Waals surface area contributed by atoms with Crippen LogP contribution in [0.15, 0.2) is 28.8 Å². The summed E-state index contributed by atoms with van der Waals surface area (Å²) in [5.74, 6) is 1.56. The minimum Gasteiger partial charge on any atom is -0.493 e. The summed E-state index contributed by atoms with van der Waals surface area (Å²) in [6, 6.07) is 7.83. The van der Waals surface area contributed by atoms with Gasteiger partial charge in [0, 0.05) is 13.0 Å². The second-order valence-corrected chi connectivity index (χ2v) is 5.40. The molecule has 0 aliphatic carbocycles. The van der Waals surface area contributed by atoms with E-state index in [1.165, 1.54) is 0 Å². The van der Waals surface area contributed by atoms with Crippen molar-refractivity contribution in [1.82, 2.24) is 15.5 Å². The zero-order valence-electron chi connectivity index (χ0n) is 12.9. The van der Waals surface area contributed by atoms with Crippen molar-refractivity contribution in [2.75, 3.05) is 13.7 Å². The van der Waals surface area contributed by atoms with Gasteiger partial charge < -0.3 is 19.3 Å². The topological polar surface area (TPSA) is 86.5 Å². The fourth-order valence-electron chi connectivity index (χ4n) is 2.57. The first kappa shape index (κ1) is 15.5. The largest absolute Gasteiger partial charge is 0.493 e. The van der Waals surface area contributed by atoms with Crippen LogP contribution in [0.1, 0.15) is 23.7 Å². The number of nitrogens with zero attached hydrogens (tertiary/aromatic N) is 2. The van der Waals surface area contributed by atoms with E-state index in [9.17, 15) is 4.79 Å². The van der Waals surface area contributed by atoms with Crippen molar-refractivity contribution in [2.24, 2.45) is 5.92 Å². The number of benzene rings is 1. The molecule has 0 unspecified atom stereocenters. The average molecular weight is 317 g/mol. The van der Waals surface area contributed by atoms with Gasteiger partial charge in [-0.1, -0.05) is 23.4 Å². The highest BCUT2D eigenvalue weighted by Crippen LogP contribution is 2.26. The fraction of sp³-hybridized carbons (Fsp3) is 0.438. The maximum atomic E-state index is 12.4. The molecule has 2 heterocycles. The molecule has 0 spiro atoms. The summed E-state index contributed by atoms with van der Waals surface area (Å²) in [5, 5.41) is 6.66. The summed E-state index contributed by atoms with van der Waals surface area (Å²) in [6.45, 7) is 1.04. The molecule has 7 heteroatoms. The molecule has 1 aliphatic rings. The van der Waals surface area contributed by atoms with Gasteiger partial charge in [0.1, 0.15) is 12.4 Å². The molecule has 0 saturated carbocycles. The van der Waals surface area contributed by atoms with E-state index in [1.807, 2.05) is 24.3 Å². The van der Waals surface area contributed by atoms with E-state index in [4.69, 9.17) is 14.0 Å². The number of fused-ring (bicyclic) bond motifs is 1. The molecule has 0 saturated heterocycles. The zero-order valence-corrected chi connectivity index (χ0v) is 12.9. The van der Waals surface area contributed by atoms with E-state index in [1.54, 1.807) is 7.11 Å². The Labute approximate surface area is 134 Å². The van der Waals surface area contributed by atoms with Crippen molar-refractivity contribution < 1.29 is 18.8 Å². The standard InChI is InChI=1S/C16H19N3O4/c1-21-10-15-18-14(19-23-15)9-17-16(20)12-6-7-22-13-5-3-2-4-11(13)8-12/h2-5,12H,6-10H2,1H3,(H,17,20)/t12-/m0/s1. The summed E-state index contributed by atoms with van der Waals surface area (Å²) in [6.07, 6.45) is 1.35. The Bertz CT molecular complexity index is 671. The number of methoxy groups -OCH3 is 1. The second-order valence-electron chi connectivity index (χ2n) is 5.40. The Hall–Kier alpha value is -2.41. The average Bonchev–Trinajstić information content (AvgIpc) is 2.89. The van der Waals surface area contributed by atoms with Gasteiger partial charge in [-0.2, -0.15) is 4.98 Å². The minimum atomic E-state index is -0.121. The Morgan fingerprint density at radius 3 is 3.17 bits per heavy atom. The van der Waals surface area contributed by atoms with Crippen LogP contribution in [-0.2, 0) is 29.1 Å². The molecule has 122 valence electrons. The Kier molecular flexibility index (Phi) is 4.87. The molecule has 1 aromatic carbocycles. The number of aromatic nitrogens is 2. The zero-order chi connectivity index (χ0) is 16.1. The van der Waals surface area contributed by atoms with Crippen molar-refractivity contribution in [2.45, 2.75) is 26.0 Å². The Balaban J connectivity index is 1.57. The van der Waals surface area contributed by atoms with Crippen molar-refractivity contribution >= 4 is 5.91 Å². The van der Waals surface area contributed by atoms with Crippen molar-refractivity contribution in [3.05, 3.63) is 41.5 Å². The van der Waals surface area contributed by atoms with Crippen LogP contribution in [0, 0.1) is 5.92 Å². The summed E-state index contributed by atoms with van der Waals surface area (Å²) in [7, 11) is 1.55. The Morgan fingerprint density at radius 1 is 1.43 bits per heavy atom. The van der Waals surface area contributed by atoms with Crippen LogP contribution in [0.2, 0.25) is 0 Å². The number of amides is 1. The molecule has 1 aromatic heterocycles. The van der Waals surface area contributed by atoms with Gasteiger partial charge in [0.25, 0.3) is 5.89 Å². The lowest BCUT2D eigenvalue weighted by Gasteiger charge is -2.12. The SMILES string of the molecule is COCc1nc(CNC(=O)[C@H]2CCOc3ccccc3C2)no1. The molecule has 7 nitrogen and oxygen atoms in total. The van der Waals surface area contributed by atoms with Crippen LogP contribution in [0.4, 0.5) is 0 Å². The summed E-state index contributed by atoms with van der Waals surface area (Å²) >= 11 is 0. The summed E-state index contributed by atoms with van der Waals surface area (Å²) < 4.78 is 15.6. The van der Waals surface area contributed by atoms with Crippen LogP contribution in [0.3, 0.4) is 0 Å². The summed E-state index contributed by atoms with van der Waals surface area (Å²) in [5.41, 5.74) is 1.06. The maximum Gasteiger partial charge on any atom is 0.252 e. The fourth-order valence-corrected chi connectivity index (χ4v) is 2.57. The van der Waals surface area contributed by atoms with E-state index in [2.05, 4.69) is 15.5 Å². The number of ether oxygens (including phenoxy) is 2. The van der Waals surface area contributed by atoms with E-state index in [0.717, 1.165) is 11.3 Å². The molecule has 3 rings (SSSR count). The highest BCUT2D eigenvalue weighted by Gasteiger charge is 2.23. The highest BCUT2D eigenvalue weighted by atomic mass is 16.5. The van der Waals surface area contributed by atoms with Gasteiger partial charge in [-0.05, 0) is 24.5 Å². The van der Waals surface area contributed by atoms with Crippen LogP contribution in [0.5, 0.6) is 5.75 Å². The van der Waals surface area contributed by atoms with E-state index < -0.39 is 0 Å². The number of hydrogen-bond acceptors (Lipinski definition) is 6. The Morgan fingerprint density at radius 2 is 2.30 bits per heavy atom. The predicted molar refractivity (Wildman–Crippen MR) is 80.6 cm³/mol. The lowest BCUT2D eigenvalue weighted by molar-refractivity contribution is -0.125. The highest BCUT2D eigenvalue weighted by molar-refractivity contribution is 5.79. The molecular formula is C16H19N3O4. The molecule has 1 aliphatic heterocycles. The quantitative estimate of drug-likeness (QED) is 0.899. The van der Waals surface area contributed by atoms with Crippen molar-refractivity contribution in [3.8, 4) is 5.75 Å². The first-order valence-electron chi connectivity index (χ1n) is 7.55. The molecule has 0 fully saturated rings. The second kappa shape index (κ2) is 7.23. The van der Waals surface area contributed by atoms with Gasteiger partial charge in [-0.25, -0.2) is 0 Å². The maximum absolute atomic E-state index is 12.4. The minimum absolute atomic E-state index is 0.0246. The van der Waals surface area contributed by atoms with Gasteiger partial charge in [0.15, 0.2) is 5.82 Å².